The molecule has 2 rings (SSSR count). The van der Waals surface area contributed by atoms with Crippen LogP contribution in [0.2, 0.25) is 0 Å². The molecule has 0 aliphatic carbocycles. The van der Waals surface area contributed by atoms with E-state index in [0.717, 1.165) is 3.57 Å². The van der Waals surface area contributed by atoms with Crippen molar-refractivity contribution in [2.75, 3.05) is 0 Å². The van der Waals surface area contributed by atoms with E-state index in [1.165, 1.54) is 0 Å². The van der Waals surface area contributed by atoms with Gasteiger partial charge in [0.2, 0.25) is 0 Å². The number of rotatable bonds is 2. The van der Waals surface area contributed by atoms with Gasteiger partial charge in [0.15, 0.2) is 0 Å². The number of alkyl halides is 1. The molecule has 0 radical (unpaired) electrons. The van der Waals surface area contributed by atoms with Crippen LogP contribution in [0.1, 0.15) is 16.5 Å². The van der Waals surface area contributed by atoms with Crippen LogP contribution in [-0.4, -0.2) is 0 Å². The fourth-order valence-electron chi connectivity index (χ4n) is 1.63. The van der Waals surface area contributed by atoms with E-state index in [1.54, 1.807) is 24.3 Å². The lowest BCUT2D eigenvalue weighted by atomic mass is 10.0. The third-order valence-corrected chi connectivity index (χ3v) is 3.91. The summed E-state index contributed by atoms with van der Waals surface area (Å²) in [4.78, 5) is 0. The van der Waals surface area contributed by atoms with Crippen LogP contribution in [0, 0.1) is 21.0 Å². The molecule has 0 saturated carbocycles. The third kappa shape index (κ3) is 2.64. The fourth-order valence-corrected chi connectivity index (χ4v) is 2.91. The Labute approximate surface area is 121 Å². The van der Waals surface area contributed by atoms with Gasteiger partial charge in [-0.15, -0.1) is 11.6 Å². The Hall–Kier alpha value is -0.750. The molecule has 18 heavy (non-hydrogen) atoms. The van der Waals surface area contributed by atoms with Gasteiger partial charge < -0.3 is 0 Å². The largest absolute Gasteiger partial charge is 0.207 e. The fraction of sp³-hybridized carbons (Fsp3) is 0.0769. The lowest BCUT2D eigenvalue weighted by Crippen LogP contribution is -2.03. The highest BCUT2D eigenvalue weighted by Crippen LogP contribution is 2.35. The van der Waals surface area contributed by atoms with Crippen LogP contribution in [0.5, 0.6) is 0 Å². The molecule has 2 aromatic carbocycles. The number of benzene rings is 2. The molecule has 0 aromatic heterocycles. The van der Waals surface area contributed by atoms with E-state index in [4.69, 9.17) is 11.6 Å². The molecule has 0 saturated heterocycles. The normalized spacial score (nSPS) is 12.5. The van der Waals surface area contributed by atoms with Gasteiger partial charge in [-0.3, -0.25) is 0 Å². The first-order chi connectivity index (χ1) is 8.50. The molecule has 2 aromatic rings. The molecule has 0 amide bonds. The van der Waals surface area contributed by atoms with Gasteiger partial charge >= 0.3 is 0 Å². The van der Waals surface area contributed by atoms with E-state index >= 15 is 0 Å². The van der Waals surface area contributed by atoms with E-state index < -0.39 is 22.8 Å². The van der Waals surface area contributed by atoms with Crippen molar-refractivity contribution in [2.45, 2.75) is 5.38 Å². The quantitative estimate of drug-likeness (QED) is 0.504. The Morgan fingerprint density at radius 1 is 1.00 bits per heavy atom. The van der Waals surface area contributed by atoms with E-state index in [-0.39, 0.29) is 5.56 Å². The monoisotopic (exact) mass is 382 g/mol. The van der Waals surface area contributed by atoms with Gasteiger partial charge in [-0.1, -0.05) is 18.2 Å². The molecule has 0 bridgehead atoms. The minimum absolute atomic E-state index is 0.331. The van der Waals surface area contributed by atoms with Crippen LogP contribution in [0.3, 0.4) is 0 Å². The van der Waals surface area contributed by atoms with Crippen LogP contribution in [0.4, 0.5) is 13.2 Å². The maximum absolute atomic E-state index is 13.6. The number of hydrogen-bond acceptors (Lipinski definition) is 0. The average molecular weight is 383 g/mol. The summed E-state index contributed by atoms with van der Waals surface area (Å²) in [5.41, 5.74) is 0.256. The molecule has 94 valence electrons. The number of halogens is 5. The van der Waals surface area contributed by atoms with Crippen LogP contribution < -0.4 is 0 Å². The van der Waals surface area contributed by atoms with Crippen LogP contribution in [0.25, 0.3) is 0 Å². The summed E-state index contributed by atoms with van der Waals surface area (Å²) in [7, 11) is 0. The van der Waals surface area contributed by atoms with Crippen molar-refractivity contribution in [1.82, 2.24) is 0 Å². The first-order valence-electron chi connectivity index (χ1n) is 5.03. The second-order valence-electron chi connectivity index (χ2n) is 3.67. The summed E-state index contributed by atoms with van der Waals surface area (Å²) in [5.74, 6) is -2.92. The Morgan fingerprint density at radius 2 is 1.56 bits per heavy atom. The zero-order chi connectivity index (χ0) is 13.3. The van der Waals surface area contributed by atoms with Gasteiger partial charge in [-0.2, -0.15) is 0 Å². The number of hydrogen-bond donors (Lipinski definition) is 0. The highest BCUT2D eigenvalue weighted by molar-refractivity contribution is 14.1. The van der Waals surface area contributed by atoms with E-state index in [1.807, 2.05) is 22.6 Å². The lowest BCUT2D eigenvalue weighted by molar-refractivity contribution is 0.526. The third-order valence-electron chi connectivity index (χ3n) is 2.48. The summed E-state index contributed by atoms with van der Waals surface area (Å²) in [6, 6.07) is 8.25. The van der Waals surface area contributed by atoms with Gasteiger partial charge in [0.25, 0.3) is 0 Å². The van der Waals surface area contributed by atoms with Gasteiger partial charge in [0.1, 0.15) is 17.5 Å². The second-order valence-corrected chi connectivity index (χ2v) is 5.27. The molecule has 0 spiro atoms. The molecule has 0 heterocycles. The maximum atomic E-state index is 13.6. The van der Waals surface area contributed by atoms with Crippen molar-refractivity contribution in [3.8, 4) is 0 Å². The van der Waals surface area contributed by atoms with Gasteiger partial charge in [-0.25, -0.2) is 13.2 Å². The molecule has 0 N–H and O–H groups in total. The Kier molecular flexibility index (Phi) is 4.17. The van der Waals surface area contributed by atoms with Crippen LogP contribution in [-0.2, 0) is 0 Å². The Bertz CT molecular complexity index is 563. The van der Waals surface area contributed by atoms with Crippen LogP contribution in [0.15, 0.2) is 36.4 Å². The summed E-state index contributed by atoms with van der Waals surface area (Å²) >= 11 is 8.12. The van der Waals surface area contributed by atoms with Crippen molar-refractivity contribution in [1.29, 1.82) is 0 Å². The predicted molar refractivity (Wildman–Crippen MR) is 73.2 cm³/mol. The highest BCUT2D eigenvalue weighted by Gasteiger charge is 2.22. The molecule has 0 fully saturated rings. The topological polar surface area (TPSA) is 0 Å². The highest BCUT2D eigenvalue weighted by atomic mass is 127. The standard InChI is InChI=1S/C13H7ClF3I/c14-13(8-3-1-2-4-11(8)18)12-9(16)5-7(15)6-10(12)17/h1-6,13H. The molecule has 1 unspecified atom stereocenters. The van der Waals surface area contributed by atoms with Gasteiger partial charge in [0, 0.05) is 21.3 Å². The minimum atomic E-state index is -0.987. The molecular formula is C13H7ClF3I. The van der Waals surface area contributed by atoms with Crippen molar-refractivity contribution in [2.24, 2.45) is 0 Å². The van der Waals surface area contributed by atoms with E-state index in [9.17, 15) is 13.2 Å². The van der Waals surface area contributed by atoms with Crippen molar-refractivity contribution >= 4 is 34.2 Å². The molecule has 5 heteroatoms. The predicted octanol–water partition coefficient (Wildman–Crippen LogP) is 5.04. The summed E-state index contributed by atoms with van der Waals surface area (Å²) in [5, 5.41) is -0.987. The van der Waals surface area contributed by atoms with Gasteiger partial charge in [-0.05, 0) is 34.2 Å². The molecule has 0 nitrogen and oxygen atoms in total. The van der Waals surface area contributed by atoms with Crippen molar-refractivity contribution in [3.05, 3.63) is 68.5 Å². The Morgan fingerprint density at radius 3 is 2.11 bits per heavy atom. The van der Waals surface area contributed by atoms with E-state index in [0.29, 0.717) is 17.7 Å². The lowest BCUT2D eigenvalue weighted by Gasteiger charge is -2.14. The van der Waals surface area contributed by atoms with Gasteiger partial charge in [0.05, 0.1) is 5.38 Å². The summed E-state index contributed by atoms with van der Waals surface area (Å²) < 4.78 is 40.8. The smallest absolute Gasteiger partial charge is 0.134 e. The maximum Gasteiger partial charge on any atom is 0.134 e. The molecule has 1 atom stereocenters. The average Bonchev–Trinajstić information content (AvgIpc) is 2.27. The SMILES string of the molecule is Fc1cc(F)c(C(Cl)c2ccccc2I)c(F)c1. The molecule has 0 aliphatic rings. The zero-order valence-electron chi connectivity index (χ0n) is 8.93. The summed E-state index contributed by atoms with van der Waals surface area (Å²) in [6.07, 6.45) is 0. The molecule has 0 aliphatic heterocycles. The zero-order valence-corrected chi connectivity index (χ0v) is 11.8. The van der Waals surface area contributed by atoms with Crippen molar-refractivity contribution < 1.29 is 13.2 Å². The minimum Gasteiger partial charge on any atom is -0.207 e. The Balaban J connectivity index is 2.53. The molecular weight excluding hydrogens is 375 g/mol. The van der Waals surface area contributed by atoms with E-state index in [2.05, 4.69) is 0 Å². The van der Waals surface area contributed by atoms with Crippen LogP contribution >= 0.6 is 34.2 Å². The first kappa shape index (κ1) is 13.7. The first-order valence-corrected chi connectivity index (χ1v) is 6.55. The summed E-state index contributed by atoms with van der Waals surface area (Å²) in [6.45, 7) is 0. The second kappa shape index (κ2) is 5.48. The van der Waals surface area contributed by atoms with Crippen molar-refractivity contribution in [3.63, 3.8) is 0 Å².